The Labute approximate surface area is 117 Å². The Bertz CT molecular complexity index is 577. The summed E-state index contributed by atoms with van der Waals surface area (Å²) in [5.41, 5.74) is 2.18. The summed E-state index contributed by atoms with van der Waals surface area (Å²) >= 11 is 6.10. The minimum absolute atomic E-state index is 0.600. The monoisotopic (exact) mass is 279 g/mol. The molecule has 0 saturated heterocycles. The van der Waals surface area contributed by atoms with Crippen LogP contribution in [0.1, 0.15) is 24.7 Å². The fraction of sp³-hybridized carbons (Fsp3) is 0.500. The van der Waals surface area contributed by atoms with Crippen LogP contribution in [0, 0.1) is 0 Å². The van der Waals surface area contributed by atoms with E-state index in [-0.39, 0.29) is 0 Å². The van der Waals surface area contributed by atoms with Crippen LogP contribution in [0.15, 0.2) is 18.2 Å². The van der Waals surface area contributed by atoms with Gasteiger partial charge in [-0.15, -0.1) is 0 Å². The smallest absolute Gasteiger partial charge is 0.124 e. The number of halogens is 1. The Balaban J connectivity index is 1.87. The maximum atomic E-state index is 6.10. The molecule has 1 aliphatic rings. The molecule has 102 valence electrons. The number of benzene rings is 1. The SMILES string of the molecule is COCCNCc1nc2ccc(Cl)cc2n1C1CC1. The predicted molar refractivity (Wildman–Crippen MR) is 76.6 cm³/mol. The Hall–Kier alpha value is -1.10. The molecule has 1 aromatic heterocycles. The zero-order valence-electron chi connectivity index (χ0n) is 11.0. The van der Waals surface area contributed by atoms with Gasteiger partial charge in [0.1, 0.15) is 5.82 Å². The summed E-state index contributed by atoms with van der Waals surface area (Å²) < 4.78 is 7.37. The highest BCUT2D eigenvalue weighted by Crippen LogP contribution is 2.39. The van der Waals surface area contributed by atoms with Gasteiger partial charge in [-0.05, 0) is 31.0 Å². The standard InChI is InChI=1S/C14H18ClN3O/c1-19-7-6-16-9-14-17-12-5-2-10(15)8-13(12)18(14)11-3-4-11/h2,5,8,11,16H,3-4,6-7,9H2,1H3. The topological polar surface area (TPSA) is 39.1 Å². The molecule has 3 rings (SSSR count). The lowest BCUT2D eigenvalue weighted by atomic mass is 10.3. The molecule has 0 radical (unpaired) electrons. The Kier molecular flexibility index (Phi) is 3.73. The largest absolute Gasteiger partial charge is 0.383 e. The summed E-state index contributed by atoms with van der Waals surface area (Å²) in [4.78, 5) is 4.71. The Morgan fingerprint density at radius 3 is 3.05 bits per heavy atom. The van der Waals surface area contributed by atoms with E-state index in [1.807, 2.05) is 18.2 Å². The van der Waals surface area contributed by atoms with Crippen LogP contribution < -0.4 is 5.32 Å². The highest BCUT2D eigenvalue weighted by atomic mass is 35.5. The van der Waals surface area contributed by atoms with E-state index in [4.69, 9.17) is 21.3 Å². The van der Waals surface area contributed by atoms with Gasteiger partial charge < -0.3 is 14.6 Å². The van der Waals surface area contributed by atoms with Crippen molar-refractivity contribution in [2.45, 2.75) is 25.4 Å². The number of methoxy groups -OCH3 is 1. The van der Waals surface area contributed by atoms with Crippen LogP contribution in [0.4, 0.5) is 0 Å². The van der Waals surface area contributed by atoms with Gasteiger partial charge in [-0.1, -0.05) is 11.6 Å². The molecule has 4 nitrogen and oxygen atoms in total. The summed E-state index contributed by atoms with van der Waals surface area (Å²) in [7, 11) is 1.71. The molecule has 1 heterocycles. The summed E-state index contributed by atoms with van der Waals surface area (Å²) in [5.74, 6) is 1.09. The first-order valence-corrected chi connectivity index (χ1v) is 7.03. The van der Waals surface area contributed by atoms with Gasteiger partial charge in [-0.2, -0.15) is 0 Å². The van der Waals surface area contributed by atoms with Gasteiger partial charge in [0.15, 0.2) is 0 Å². The molecule has 1 fully saturated rings. The second kappa shape index (κ2) is 5.49. The fourth-order valence-corrected chi connectivity index (χ4v) is 2.52. The van der Waals surface area contributed by atoms with E-state index in [1.54, 1.807) is 7.11 Å². The van der Waals surface area contributed by atoms with Gasteiger partial charge in [0.2, 0.25) is 0 Å². The van der Waals surface area contributed by atoms with E-state index in [2.05, 4.69) is 9.88 Å². The normalized spacial score (nSPS) is 15.3. The number of nitrogens with one attached hydrogen (secondary N) is 1. The molecule has 1 aliphatic carbocycles. The van der Waals surface area contributed by atoms with Crippen LogP contribution in [-0.2, 0) is 11.3 Å². The molecule has 0 unspecified atom stereocenters. The van der Waals surface area contributed by atoms with E-state index in [0.29, 0.717) is 6.04 Å². The second-order valence-corrected chi connectivity index (χ2v) is 5.37. The highest BCUT2D eigenvalue weighted by molar-refractivity contribution is 6.31. The number of aromatic nitrogens is 2. The number of hydrogen-bond acceptors (Lipinski definition) is 3. The van der Waals surface area contributed by atoms with Gasteiger partial charge >= 0.3 is 0 Å². The third-order valence-corrected chi connectivity index (χ3v) is 3.64. The summed E-state index contributed by atoms with van der Waals surface area (Å²) in [6, 6.07) is 6.51. The number of nitrogens with zero attached hydrogens (tertiary/aromatic N) is 2. The van der Waals surface area contributed by atoms with E-state index in [9.17, 15) is 0 Å². The minimum Gasteiger partial charge on any atom is -0.383 e. The van der Waals surface area contributed by atoms with Crippen molar-refractivity contribution in [2.24, 2.45) is 0 Å². The van der Waals surface area contributed by atoms with E-state index in [0.717, 1.165) is 41.6 Å². The average molecular weight is 280 g/mol. The van der Waals surface area contributed by atoms with Crippen LogP contribution >= 0.6 is 11.6 Å². The van der Waals surface area contributed by atoms with Crippen LogP contribution in [0.25, 0.3) is 11.0 Å². The summed E-state index contributed by atoms with van der Waals surface area (Å²) in [5, 5.41) is 4.13. The lowest BCUT2D eigenvalue weighted by Crippen LogP contribution is -2.21. The third kappa shape index (κ3) is 2.76. The maximum absolute atomic E-state index is 6.10. The van der Waals surface area contributed by atoms with Crippen molar-refractivity contribution >= 4 is 22.6 Å². The molecule has 19 heavy (non-hydrogen) atoms. The van der Waals surface area contributed by atoms with E-state index < -0.39 is 0 Å². The average Bonchev–Trinajstić information content (AvgIpc) is 3.17. The highest BCUT2D eigenvalue weighted by Gasteiger charge is 2.27. The van der Waals surface area contributed by atoms with Crippen molar-refractivity contribution in [3.8, 4) is 0 Å². The maximum Gasteiger partial charge on any atom is 0.124 e. The molecule has 1 aromatic carbocycles. The third-order valence-electron chi connectivity index (χ3n) is 3.40. The number of fused-ring (bicyclic) bond motifs is 1. The van der Waals surface area contributed by atoms with Crippen molar-refractivity contribution < 1.29 is 4.74 Å². The van der Waals surface area contributed by atoms with Crippen molar-refractivity contribution in [1.82, 2.24) is 14.9 Å². The molecule has 0 aliphatic heterocycles. The van der Waals surface area contributed by atoms with Crippen LogP contribution in [0.5, 0.6) is 0 Å². The number of ether oxygens (including phenoxy) is 1. The van der Waals surface area contributed by atoms with Crippen LogP contribution in [0.3, 0.4) is 0 Å². The first-order valence-electron chi connectivity index (χ1n) is 6.65. The summed E-state index contributed by atoms with van der Waals surface area (Å²) in [6.45, 7) is 2.33. The molecule has 0 amide bonds. The molecule has 0 atom stereocenters. The molecular weight excluding hydrogens is 262 g/mol. The summed E-state index contributed by atoms with van der Waals surface area (Å²) in [6.07, 6.45) is 2.48. The van der Waals surface area contributed by atoms with Gasteiger partial charge in [0.25, 0.3) is 0 Å². The predicted octanol–water partition coefficient (Wildman–Crippen LogP) is 2.76. The fourth-order valence-electron chi connectivity index (χ4n) is 2.36. The van der Waals surface area contributed by atoms with Crippen LogP contribution in [-0.4, -0.2) is 29.8 Å². The first kappa shape index (κ1) is 12.9. The Morgan fingerprint density at radius 2 is 2.32 bits per heavy atom. The zero-order valence-corrected chi connectivity index (χ0v) is 11.8. The quantitative estimate of drug-likeness (QED) is 0.827. The van der Waals surface area contributed by atoms with Crippen molar-refractivity contribution in [3.05, 3.63) is 29.0 Å². The molecule has 0 spiro atoms. The number of hydrogen-bond donors (Lipinski definition) is 1. The van der Waals surface area contributed by atoms with E-state index in [1.165, 1.54) is 12.8 Å². The lowest BCUT2D eigenvalue weighted by molar-refractivity contribution is 0.199. The molecule has 1 N–H and O–H groups in total. The van der Waals surface area contributed by atoms with Gasteiger partial charge in [0, 0.05) is 24.7 Å². The molecule has 5 heteroatoms. The molecule has 2 aromatic rings. The van der Waals surface area contributed by atoms with Gasteiger partial charge in [0.05, 0.1) is 24.2 Å². The number of imidazole rings is 1. The van der Waals surface area contributed by atoms with E-state index >= 15 is 0 Å². The number of rotatable bonds is 6. The van der Waals surface area contributed by atoms with Gasteiger partial charge in [-0.25, -0.2) is 4.98 Å². The first-order chi connectivity index (χ1) is 9.29. The minimum atomic E-state index is 0.600. The van der Waals surface area contributed by atoms with Crippen molar-refractivity contribution in [1.29, 1.82) is 0 Å². The molecular formula is C14H18ClN3O. The Morgan fingerprint density at radius 1 is 1.47 bits per heavy atom. The van der Waals surface area contributed by atoms with Crippen LogP contribution in [0.2, 0.25) is 5.02 Å². The van der Waals surface area contributed by atoms with Crippen molar-refractivity contribution in [3.63, 3.8) is 0 Å². The van der Waals surface area contributed by atoms with Gasteiger partial charge in [-0.3, -0.25) is 0 Å². The van der Waals surface area contributed by atoms with Crippen molar-refractivity contribution in [2.75, 3.05) is 20.3 Å². The molecule has 1 saturated carbocycles. The molecule has 0 bridgehead atoms. The zero-order chi connectivity index (χ0) is 13.2. The lowest BCUT2D eigenvalue weighted by Gasteiger charge is -2.08. The second-order valence-electron chi connectivity index (χ2n) is 4.93.